The number of anilines is 2. The van der Waals surface area contributed by atoms with E-state index in [9.17, 15) is 4.79 Å². The number of nitrogen functional groups attached to an aromatic ring is 1. The molecule has 0 aliphatic heterocycles. The van der Waals surface area contributed by atoms with Crippen LogP contribution in [0.4, 0.5) is 11.5 Å². The fourth-order valence-corrected chi connectivity index (χ4v) is 1.50. The van der Waals surface area contributed by atoms with Crippen LogP contribution in [-0.2, 0) is 11.8 Å². The molecule has 1 amide bonds. The number of aromatic nitrogens is 2. The Morgan fingerprint density at radius 2 is 2.43 bits per heavy atom. The van der Waals surface area contributed by atoms with Gasteiger partial charge in [0.25, 0.3) is 0 Å². The quantitative estimate of drug-likeness (QED) is 0.724. The minimum atomic E-state index is 0.0489. The van der Waals surface area contributed by atoms with E-state index in [0.29, 0.717) is 17.4 Å². The molecule has 14 heavy (non-hydrogen) atoms. The van der Waals surface area contributed by atoms with E-state index in [1.54, 1.807) is 11.7 Å². The van der Waals surface area contributed by atoms with Crippen LogP contribution < -0.4 is 11.1 Å². The van der Waals surface area contributed by atoms with Gasteiger partial charge in [-0.3, -0.25) is 9.48 Å². The van der Waals surface area contributed by atoms with Crippen molar-refractivity contribution in [2.45, 2.75) is 13.3 Å². The molecule has 76 valence electrons. The first-order chi connectivity index (χ1) is 6.59. The summed E-state index contributed by atoms with van der Waals surface area (Å²) >= 11 is 0. The summed E-state index contributed by atoms with van der Waals surface area (Å²) in [6, 6.07) is 0. The number of carbonyl (C=O) groups is 1. The molecule has 2 atom stereocenters. The van der Waals surface area contributed by atoms with Crippen LogP contribution in [-0.4, -0.2) is 15.7 Å². The van der Waals surface area contributed by atoms with E-state index >= 15 is 0 Å². The van der Waals surface area contributed by atoms with Crippen LogP contribution in [0, 0.1) is 11.8 Å². The normalized spacial score (nSPS) is 24.7. The number of aryl methyl sites for hydroxylation is 1. The number of rotatable bonds is 2. The highest BCUT2D eigenvalue weighted by Gasteiger charge is 2.39. The summed E-state index contributed by atoms with van der Waals surface area (Å²) in [5, 5.41) is 6.73. The van der Waals surface area contributed by atoms with Gasteiger partial charge in [-0.25, -0.2) is 0 Å². The van der Waals surface area contributed by atoms with Gasteiger partial charge in [-0.1, -0.05) is 6.92 Å². The van der Waals surface area contributed by atoms with Gasteiger partial charge in [0.05, 0.1) is 11.9 Å². The summed E-state index contributed by atoms with van der Waals surface area (Å²) in [6.07, 6.45) is 2.51. The highest BCUT2D eigenvalue weighted by atomic mass is 16.2. The molecule has 1 saturated carbocycles. The third kappa shape index (κ3) is 1.45. The maximum Gasteiger partial charge on any atom is 0.228 e. The predicted molar refractivity (Wildman–Crippen MR) is 53.5 cm³/mol. The van der Waals surface area contributed by atoms with E-state index in [4.69, 9.17) is 5.73 Å². The zero-order valence-corrected chi connectivity index (χ0v) is 8.32. The van der Waals surface area contributed by atoms with Crippen LogP contribution in [0.15, 0.2) is 6.20 Å². The number of nitrogens with one attached hydrogen (secondary N) is 1. The molecule has 1 aromatic heterocycles. The Morgan fingerprint density at radius 1 is 1.79 bits per heavy atom. The summed E-state index contributed by atoms with van der Waals surface area (Å²) in [7, 11) is 1.75. The Morgan fingerprint density at radius 3 is 2.86 bits per heavy atom. The van der Waals surface area contributed by atoms with Crippen LogP contribution >= 0.6 is 0 Å². The first kappa shape index (κ1) is 9.05. The van der Waals surface area contributed by atoms with Gasteiger partial charge in [0.1, 0.15) is 0 Å². The third-order valence-electron chi connectivity index (χ3n) is 2.65. The van der Waals surface area contributed by atoms with E-state index in [-0.39, 0.29) is 11.8 Å². The van der Waals surface area contributed by atoms with E-state index < -0.39 is 0 Å². The lowest BCUT2D eigenvalue weighted by Gasteiger charge is -2.05. The minimum Gasteiger partial charge on any atom is -0.394 e. The molecule has 1 heterocycles. The van der Waals surface area contributed by atoms with Crippen molar-refractivity contribution in [1.29, 1.82) is 0 Å². The first-order valence-corrected chi connectivity index (χ1v) is 4.68. The molecule has 2 unspecified atom stereocenters. The van der Waals surface area contributed by atoms with Crippen LogP contribution in [0.2, 0.25) is 0 Å². The largest absolute Gasteiger partial charge is 0.394 e. The van der Waals surface area contributed by atoms with Crippen LogP contribution in [0.3, 0.4) is 0 Å². The molecule has 1 aliphatic rings. The average Bonchev–Trinajstić information content (AvgIpc) is 2.79. The molecule has 0 saturated heterocycles. The fraction of sp³-hybridized carbons (Fsp3) is 0.556. The van der Waals surface area contributed by atoms with Gasteiger partial charge in [0.15, 0.2) is 5.82 Å². The zero-order valence-electron chi connectivity index (χ0n) is 8.32. The predicted octanol–water partition coefficient (Wildman–Crippen LogP) is 0.597. The Hall–Kier alpha value is -1.52. The summed E-state index contributed by atoms with van der Waals surface area (Å²) in [5.41, 5.74) is 6.16. The molecule has 2 rings (SSSR count). The van der Waals surface area contributed by atoms with Crippen molar-refractivity contribution in [3.05, 3.63) is 6.20 Å². The topological polar surface area (TPSA) is 72.9 Å². The van der Waals surface area contributed by atoms with Gasteiger partial charge < -0.3 is 11.1 Å². The Kier molecular flexibility index (Phi) is 1.94. The van der Waals surface area contributed by atoms with E-state index in [1.807, 2.05) is 0 Å². The van der Waals surface area contributed by atoms with Crippen LogP contribution in [0.5, 0.6) is 0 Å². The molecule has 0 radical (unpaired) electrons. The van der Waals surface area contributed by atoms with Crippen molar-refractivity contribution < 1.29 is 4.79 Å². The summed E-state index contributed by atoms with van der Waals surface area (Å²) in [4.78, 5) is 11.6. The molecule has 0 spiro atoms. The number of nitrogens with two attached hydrogens (primary N) is 1. The first-order valence-electron chi connectivity index (χ1n) is 4.68. The van der Waals surface area contributed by atoms with Gasteiger partial charge in [0.2, 0.25) is 5.91 Å². The zero-order chi connectivity index (χ0) is 10.3. The van der Waals surface area contributed by atoms with Crippen molar-refractivity contribution in [3.8, 4) is 0 Å². The van der Waals surface area contributed by atoms with Gasteiger partial charge in [-0.05, 0) is 12.3 Å². The Labute approximate surface area is 82.3 Å². The van der Waals surface area contributed by atoms with Gasteiger partial charge in [-0.2, -0.15) is 5.10 Å². The lowest BCUT2D eigenvalue weighted by atomic mass is 10.3. The molecular formula is C9H14N4O. The van der Waals surface area contributed by atoms with Crippen molar-refractivity contribution >= 4 is 17.4 Å². The molecule has 5 nitrogen and oxygen atoms in total. The molecule has 0 bridgehead atoms. The standard InChI is InChI=1S/C9H14N4O/c1-5-3-6(5)9(14)12-8-7(10)4-11-13(8)2/h4-6H,3,10H2,1-2H3,(H,12,14). The minimum absolute atomic E-state index is 0.0489. The molecule has 1 aromatic rings. The molecule has 0 aromatic carbocycles. The summed E-state index contributed by atoms with van der Waals surface area (Å²) in [5.74, 6) is 1.30. The molecule has 5 heteroatoms. The van der Waals surface area contributed by atoms with Crippen molar-refractivity contribution in [2.24, 2.45) is 18.9 Å². The number of hydrogen-bond acceptors (Lipinski definition) is 3. The second-order valence-electron chi connectivity index (χ2n) is 3.88. The maximum absolute atomic E-state index is 11.6. The highest BCUT2D eigenvalue weighted by molar-refractivity contribution is 5.95. The third-order valence-corrected chi connectivity index (χ3v) is 2.65. The smallest absolute Gasteiger partial charge is 0.228 e. The van der Waals surface area contributed by atoms with Crippen LogP contribution in [0.1, 0.15) is 13.3 Å². The number of carbonyl (C=O) groups excluding carboxylic acids is 1. The Bertz CT molecular complexity index is 351. The number of nitrogens with zero attached hydrogens (tertiary/aromatic N) is 2. The van der Waals surface area contributed by atoms with E-state index in [0.717, 1.165) is 6.42 Å². The molecule has 1 fully saturated rings. The Balaban J connectivity index is 2.07. The number of hydrogen-bond donors (Lipinski definition) is 2. The molecule has 1 aliphatic carbocycles. The molecular weight excluding hydrogens is 180 g/mol. The van der Waals surface area contributed by atoms with Gasteiger partial charge in [0, 0.05) is 13.0 Å². The number of amides is 1. The maximum atomic E-state index is 11.6. The van der Waals surface area contributed by atoms with Crippen molar-refractivity contribution in [1.82, 2.24) is 9.78 Å². The fourth-order valence-electron chi connectivity index (χ4n) is 1.50. The second kappa shape index (κ2) is 3.01. The van der Waals surface area contributed by atoms with Crippen molar-refractivity contribution in [2.75, 3.05) is 11.1 Å². The van der Waals surface area contributed by atoms with Gasteiger partial charge in [-0.15, -0.1) is 0 Å². The van der Waals surface area contributed by atoms with E-state index in [1.165, 1.54) is 6.20 Å². The second-order valence-corrected chi connectivity index (χ2v) is 3.88. The van der Waals surface area contributed by atoms with E-state index in [2.05, 4.69) is 17.3 Å². The highest BCUT2D eigenvalue weighted by Crippen LogP contribution is 2.38. The lowest BCUT2D eigenvalue weighted by Crippen LogP contribution is -2.17. The summed E-state index contributed by atoms with van der Waals surface area (Å²) in [6.45, 7) is 2.07. The monoisotopic (exact) mass is 194 g/mol. The average molecular weight is 194 g/mol. The van der Waals surface area contributed by atoms with Gasteiger partial charge >= 0.3 is 0 Å². The van der Waals surface area contributed by atoms with Crippen LogP contribution in [0.25, 0.3) is 0 Å². The van der Waals surface area contributed by atoms with Crippen molar-refractivity contribution in [3.63, 3.8) is 0 Å². The lowest BCUT2D eigenvalue weighted by molar-refractivity contribution is -0.117. The summed E-state index contributed by atoms with van der Waals surface area (Å²) < 4.78 is 1.57. The SMILES string of the molecule is CC1CC1C(=O)Nc1c(N)cnn1C. The molecule has 3 N–H and O–H groups in total.